The van der Waals surface area contributed by atoms with Gasteiger partial charge >= 0.3 is 0 Å². The molecule has 38 heavy (non-hydrogen) atoms. The summed E-state index contributed by atoms with van der Waals surface area (Å²) >= 11 is 0. The molecule has 7 nitrogen and oxygen atoms in total. The van der Waals surface area contributed by atoms with Crippen molar-refractivity contribution in [2.45, 2.75) is 37.5 Å². The van der Waals surface area contributed by atoms with Gasteiger partial charge in [0.1, 0.15) is 5.75 Å². The standard InChI is InChI=1S/C30H34O7Si/c1-29(2,3)38(21-11-7-5-8-12-21,22-13-9-6-10-14-22)37-17-24-28(34-19-30(24,32)18-31)23-15-26-27(36-20-35-26)16-25(23)33-4/h5-16,18,24,28,32H,17,19-20H2,1-4H3/t24-,28-,30-/m1/s1. The molecule has 3 aromatic carbocycles. The van der Waals surface area contributed by atoms with Gasteiger partial charge in [0.25, 0.3) is 8.32 Å². The molecular weight excluding hydrogens is 500 g/mol. The summed E-state index contributed by atoms with van der Waals surface area (Å²) < 4.78 is 30.0. The molecule has 5 rings (SSSR count). The SMILES string of the molecule is COc1cc2c(cc1[C@H]1OC[C@](O)(C=O)[C@@H]1CO[Si](c1ccccc1)(c1ccccc1)C(C)(C)C)OCO2. The number of fused-ring (bicyclic) bond motifs is 1. The van der Waals surface area contributed by atoms with Gasteiger partial charge in [-0.25, -0.2) is 0 Å². The van der Waals surface area contributed by atoms with E-state index in [1.54, 1.807) is 19.2 Å². The van der Waals surface area contributed by atoms with Crippen molar-refractivity contribution in [2.75, 3.05) is 27.1 Å². The van der Waals surface area contributed by atoms with Gasteiger partial charge in [0.05, 0.1) is 19.8 Å². The fourth-order valence-electron chi connectivity index (χ4n) is 5.68. The number of carbonyl (C=O) groups excluding carboxylic acids is 1. The normalized spacial score (nSPS) is 22.9. The van der Waals surface area contributed by atoms with E-state index in [0.29, 0.717) is 29.1 Å². The zero-order chi connectivity index (χ0) is 27.0. The van der Waals surface area contributed by atoms with E-state index in [1.165, 1.54) is 0 Å². The Kier molecular flexibility index (Phi) is 7.08. The Morgan fingerprint density at radius 3 is 2.11 bits per heavy atom. The number of ether oxygens (including phenoxy) is 4. The van der Waals surface area contributed by atoms with Crippen LogP contribution >= 0.6 is 0 Å². The molecule has 0 aliphatic carbocycles. The van der Waals surface area contributed by atoms with Crippen LogP contribution in [0.2, 0.25) is 5.04 Å². The lowest BCUT2D eigenvalue weighted by molar-refractivity contribution is -0.128. The first-order chi connectivity index (χ1) is 18.2. The van der Waals surface area contributed by atoms with Crippen molar-refractivity contribution >= 4 is 25.0 Å². The lowest BCUT2D eigenvalue weighted by atomic mass is 9.85. The fourth-order valence-corrected chi connectivity index (χ4v) is 10.3. The van der Waals surface area contributed by atoms with Crippen LogP contribution in [-0.2, 0) is 14.0 Å². The molecule has 2 aliphatic rings. The van der Waals surface area contributed by atoms with Crippen LogP contribution in [0.4, 0.5) is 0 Å². The molecule has 1 N–H and O–H groups in total. The Morgan fingerprint density at radius 2 is 1.58 bits per heavy atom. The first-order valence-corrected chi connectivity index (χ1v) is 14.7. The third kappa shape index (κ3) is 4.41. The van der Waals surface area contributed by atoms with E-state index in [-0.39, 0.29) is 25.0 Å². The van der Waals surface area contributed by atoms with E-state index in [2.05, 4.69) is 45.0 Å². The molecule has 0 unspecified atom stereocenters. The molecule has 2 aliphatic heterocycles. The largest absolute Gasteiger partial charge is 0.496 e. The van der Waals surface area contributed by atoms with Crippen molar-refractivity contribution in [3.05, 3.63) is 78.4 Å². The summed E-state index contributed by atoms with van der Waals surface area (Å²) in [6.07, 6.45) is -0.0841. The quantitative estimate of drug-likeness (QED) is 0.349. The van der Waals surface area contributed by atoms with Crippen LogP contribution in [0, 0.1) is 5.92 Å². The third-order valence-electron chi connectivity index (χ3n) is 7.63. The van der Waals surface area contributed by atoms with Crippen LogP contribution in [0.5, 0.6) is 17.2 Å². The van der Waals surface area contributed by atoms with Crippen molar-refractivity contribution in [1.29, 1.82) is 0 Å². The maximum absolute atomic E-state index is 12.3. The first-order valence-electron chi connectivity index (χ1n) is 12.8. The summed E-state index contributed by atoms with van der Waals surface area (Å²) in [6.45, 7) is 6.64. The number of aliphatic hydroxyl groups is 1. The highest BCUT2D eigenvalue weighted by atomic mass is 28.4. The van der Waals surface area contributed by atoms with Crippen LogP contribution in [-0.4, -0.2) is 52.4 Å². The highest BCUT2D eigenvalue weighted by molar-refractivity contribution is 6.99. The Morgan fingerprint density at radius 1 is 1.00 bits per heavy atom. The van der Waals surface area contributed by atoms with Crippen molar-refractivity contribution in [2.24, 2.45) is 5.92 Å². The summed E-state index contributed by atoms with van der Waals surface area (Å²) in [5.74, 6) is 0.993. The van der Waals surface area contributed by atoms with Gasteiger partial charge in [0.2, 0.25) is 6.79 Å². The molecule has 8 heteroatoms. The molecule has 0 aromatic heterocycles. The van der Waals surface area contributed by atoms with Crippen molar-refractivity contribution < 1.29 is 33.3 Å². The second-order valence-corrected chi connectivity index (χ2v) is 15.2. The number of aldehydes is 1. The predicted octanol–water partition coefficient (Wildman–Crippen LogP) is 3.62. The van der Waals surface area contributed by atoms with Crippen LogP contribution < -0.4 is 24.6 Å². The Labute approximate surface area is 224 Å². The van der Waals surface area contributed by atoms with Gasteiger partial charge in [0, 0.05) is 24.2 Å². The van der Waals surface area contributed by atoms with Gasteiger partial charge < -0.3 is 33.3 Å². The monoisotopic (exact) mass is 534 g/mol. The minimum Gasteiger partial charge on any atom is -0.496 e. The summed E-state index contributed by atoms with van der Waals surface area (Å²) in [4.78, 5) is 12.3. The van der Waals surface area contributed by atoms with Gasteiger partial charge in [-0.2, -0.15) is 0 Å². The minimum atomic E-state index is -2.92. The van der Waals surface area contributed by atoms with E-state index in [0.717, 1.165) is 10.4 Å². The van der Waals surface area contributed by atoms with Crippen LogP contribution in [0.3, 0.4) is 0 Å². The molecule has 0 bridgehead atoms. The van der Waals surface area contributed by atoms with Crippen LogP contribution in [0.15, 0.2) is 72.8 Å². The molecular formula is C30H34O7Si. The van der Waals surface area contributed by atoms with E-state index in [4.69, 9.17) is 23.4 Å². The topological polar surface area (TPSA) is 83.5 Å². The number of hydrogen-bond donors (Lipinski definition) is 1. The van der Waals surface area contributed by atoms with Crippen molar-refractivity contribution in [3.63, 3.8) is 0 Å². The van der Waals surface area contributed by atoms with E-state index in [1.807, 2.05) is 36.4 Å². The third-order valence-corrected chi connectivity index (χ3v) is 12.6. The summed E-state index contributed by atoms with van der Waals surface area (Å²) in [6, 6.07) is 24.1. The summed E-state index contributed by atoms with van der Waals surface area (Å²) in [7, 11) is -1.35. The van der Waals surface area contributed by atoms with Crippen LogP contribution in [0.25, 0.3) is 0 Å². The number of methoxy groups -OCH3 is 1. The van der Waals surface area contributed by atoms with Gasteiger partial charge in [-0.1, -0.05) is 81.4 Å². The molecule has 0 radical (unpaired) electrons. The Bertz CT molecular complexity index is 1240. The van der Waals surface area contributed by atoms with Gasteiger partial charge in [-0.15, -0.1) is 0 Å². The van der Waals surface area contributed by atoms with Crippen LogP contribution in [0.1, 0.15) is 32.4 Å². The number of carbonyl (C=O) groups is 1. The smallest absolute Gasteiger partial charge is 0.261 e. The average molecular weight is 535 g/mol. The van der Waals surface area contributed by atoms with E-state index < -0.39 is 25.9 Å². The highest BCUT2D eigenvalue weighted by Crippen LogP contribution is 2.48. The second-order valence-electron chi connectivity index (χ2n) is 10.9. The maximum atomic E-state index is 12.3. The molecule has 0 amide bonds. The lowest BCUT2D eigenvalue weighted by Gasteiger charge is -2.44. The second kappa shape index (κ2) is 10.2. The molecule has 0 saturated carbocycles. The molecule has 3 aromatic rings. The highest BCUT2D eigenvalue weighted by Gasteiger charge is 2.55. The summed E-state index contributed by atoms with van der Waals surface area (Å²) in [5.41, 5.74) is -1.05. The lowest BCUT2D eigenvalue weighted by Crippen LogP contribution is -2.67. The number of rotatable bonds is 8. The van der Waals surface area contributed by atoms with E-state index >= 15 is 0 Å². The van der Waals surface area contributed by atoms with Gasteiger partial charge in [0.15, 0.2) is 23.4 Å². The molecule has 0 spiro atoms. The zero-order valence-corrected chi connectivity index (χ0v) is 23.2. The zero-order valence-electron chi connectivity index (χ0n) is 22.2. The molecule has 3 atom stereocenters. The maximum Gasteiger partial charge on any atom is 0.261 e. The Hall–Kier alpha value is -3.17. The summed E-state index contributed by atoms with van der Waals surface area (Å²) in [5, 5.41) is 13.4. The van der Waals surface area contributed by atoms with Crippen molar-refractivity contribution in [3.8, 4) is 17.2 Å². The van der Waals surface area contributed by atoms with Crippen molar-refractivity contribution in [1.82, 2.24) is 0 Å². The molecule has 2 heterocycles. The molecule has 1 fully saturated rings. The first kappa shape index (κ1) is 26.4. The molecule has 200 valence electrons. The number of hydrogen-bond acceptors (Lipinski definition) is 7. The number of benzene rings is 3. The predicted molar refractivity (Wildman–Crippen MR) is 146 cm³/mol. The van der Waals surface area contributed by atoms with Gasteiger partial charge in [-0.05, 0) is 21.5 Å². The average Bonchev–Trinajstić information content (AvgIpc) is 3.52. The van der Waals surface area contributed by atoms with E-state index in [9.17, 15) is 9.90 Å². The minimum absolute atomic E-state index is 0.102. The fraction of sp³-hybridized carbons (Fsp3) is 0.367. The molecule has 1 saturated heterocycles. The Balaban J connectivity index is 1.59. The van der Waals surface area contributed by atoms with Gasteiger partial charge in [-0.3, -0.25) is 0 Å².